The Kier molecular flexibility index (Phi) is 26.1. The summed E-state index contributed by atoms with van der Waals surface area (Å²) >= 11 is 0. The Morgan fingerprint density at radius 3 is 0.872 bits per heavy atom. The first-order chi connectivity index (χ1) is 54.8. The Morgan fingerprint density at radius 2 is 0.641 bits per heavy atom. The molecule has 3 aliphatic rings. The molecule has 3 saturated heterocycles. The van der Waals surface area contributed by atoms with Crippen LogP contribution in [-0.2, 0) is 62.2 Å². The van der Waals surface area contributed by atoms with Crippen molar-refractivity contribution in [2.75, 3.05) is 51.5 Å². The Balaban J connectivity index is 0.000000185. The highest BCUT2D eigenvalue weighted by Gasteiger charge is 2.52. The number of aryl methyl sites for hydroxylation is 3. The lowest BCUT2D eigenvalue weighted by molar-refractivity contribution is -0.159. The number of piperidine rings is 3. The maximum atomic E-state index is 14.8. The van der Waals surface area contributed by atoms with Crippen LogP contribution in [0.1, 0.15) is 175 Å². The number of nitrogens with one attached hydrogen (secondary N) is 9. The van der Waals surface area contributed by atoms with Gasteiger partial charge in [0, 0.05) is 72.8 Å². The molecule has 0 bridgehead atoms. The number of aromatic nitrogens is 9. The van der Waals surface area contributed by atoms with Crippen LogP contribution >= 0.6 is 0 Å². The van der Waals surface area contributed by atoms with Crippen LogP contribution in [0.25, 0.3) is 32.7 Å². The molecular weight excluding hydrogens is 1530 g/mol. The standard InChI is InChI=1S/3C27H32F2N6O4/c3*1-6-16-10-19(13-30-22(16)33-25(38)39-26(3,4)5)32-23(36)24(37)35-14-15(2)27(28,29)11-21(35)17-7-8-20-18(9-17)12-31-34-20/h3*7-10,12-13,15,21H,6,11,14H2,1-5H3,(H,31,34)(H,32,36)(H,30,33,38)/t3*15-,21-/m100/s1. The Hall–Kier alpha value is -12.3. The fraction of sp³-hybridized carbons (Fsp3) is 0.444. The van der Waals surface area contributed by atoms with Gasteiger partial charge in [0.1, 0.15) is 34.3 Å². The molecule has 9 aromatic rings. The normalized spacial score (nSPS) is 19.0. The number of rotatable bonds is 12. The summed E-state index contributed by atoms with van der Waals surface area (Å²) in [5, 5.41) is 37.8. The molecule has 117 heavy (non-hydrogen) atoms. The van der Waals surface area contributed by atoms with E-state index in [0.717, 1.165) is 16.6 Å². The fourth-order valence-electron chi connectivity index (χ4n) is 13.5. The molecule has 0 aliphatic carbocycles. The van der Waals surface area contributed by atoms with Crippen molar-refractivity contribution in [2.24, 2.45) is 17.8 Å². The first-order valence-corrected chi connectivity index (χ1v) is 38.1. The number of ether oxygens (including phenoxy) is 3. The van der Waals surface area contributed by atoms with Crippen molar-refractivity contribution < 1.29 is 83.7 Å². The SMILES string of the molecule is CCc1cc(NC(=O)C(=O)N2C[C@@H](C)C(F)(F)C[C@@H]2c2ccc3[nH]ncc3c2)cnc1NC(=O)OC(C)(C)C.CCc1cc(NC(=O)C(=O)N2C[C@H](C)C(F)(F)C[C@H]2c2ccc3[nH]ncc3c2)cnc1NC(=O)OC(C)(C)C.CCc1cc(NC(=O)C(=O)N2C[C@H](C)C(F)(F)C[C@H]2c2ccc3[nH]ncc3c2)cnc1NC(=O)OC(C)(C)C. The molecule has 6 aromatic heterocycles. The average Bonchev–Trinajstić information content (AvgIpc) is 1.66. The summed E-state index contributed by atoms with van der Waals surface area (Å²) in [4.78, 5) is 132. The first-order valence-electron chi connectivity index (χ1n) is 38.1. The molecule has 6 atom stereocenters. The minimum Gasteiger partial charge on any atom is -0.444 e. The smallest absolute Gasteiger partial charge is 0.413 e. The van der Waals surface area contributed by atoms with Gasteiger partial charge in [-0.2, -0.15) is 15.3 Å². The van der Waals surface area contributed by atoms with Crippen LogP contribution in [-0.4, -0.2) is 168 Å². The number of nitrogens with zero attached hydrogens (tertiary/aromatic N) is 9. The van der Waals surface area contributed by atoms with E-state index in [4.69, 9.17) is 14.2 Å². The Morgan fingerprint density at radius 1 is 0.393 bits per heavy atom. The van der Waals surface area contributed by atoms with E-state index in [1.165, 1.54) is 54.1 Å². The Bertz CT molecular complexity index is 4700. The van der Waals surface area contributed by atoms with Crippen molar-refractivity contribution in [3.8, 4) is 0 Å². The number of pyridine rings is 3. The van der Waals surface area contributed by atoms with Crippen molar-refractivity contribution in [3.63, 3.8) is 0 Å². The van der Waals surface area contributed by atoms with Gasteiger partial charge in [0.2, 0.25) is 0 Å². The molecule has 9 amide bonds. The predicted molar refractivity (Wildman–Crippen MR) is 424 cm³/mol. The zero-order valence-corrected chi connectivity index (χ0v) is 67.4. The topological polar surface area (TPSA) is 388 Å². The number of carbonyl (C=O) groups is 9. The number of benzene rings is 3. The fourth-order valence-corrected chi connectivity index (χ4v) is 13.5. The summed E-state index contributed by atoms with van der Waals surface area (Å²) in [6.07, 6.45) is 6.16. The number of hydrogen-bond donors (Lipinski definition) is 9. The third-order valence-corrected chi connectivity index (χ3v) is 19.7. The van der Waals surface area contributed by atoms with Crippen molar-refractivity contribution >= 4 is 121 Å². The van der Waals surface area contributed by atoms with Crippen LogP contribution in [0.4, 0.5) is 75.2 Å². The van der Waals surface area contributed by atoms with Gasteiger partial charge in [-0.25, -0.2) is 55.7 Å². The van der Waals surface area contributed by atoms with E-state index in [1.54, 1.807) is 154 Å². The van der Waals surface area contributed by atoms with Gasteiger partial charge in [0.05, 0.1) is 88.9 Å². The highest BCUT2D eigenvalue weighted by molar-refractivity contribution is 6.40. The molecule has 36 heteroatoms. The average molecular weight is 1630 g/mol. The van der Waals surface area contributed by atoms with Gasteiger partial charge < -0.3 is 44.9 Å². The van der Waals surface area contributed by atoms with Crippen LogP contribution in [0, 0.1) is 17.8 Å². The molecule has 3 aliphatic heterocycles. The summed E-state index contributed by atoms with van der Waals surface area (Å²) in [6.45, 7) is 24.4. The van der Waals surface area contributed by atoms with Gasteiger partial charge in [-0.05, 0) is 170 Å². The first kappa shape index (κ1) is 87.1. The van der Waals surface area contributed by atoms with Gasteiger partial charge in [-0.15, -0.1) is 0 Å². The number of halogens is 6. The number of carbonyl (C=O) groups excluding carboxylic acids is 9. The second kappa shape index (κ2) is 35.0. The van der Waals surface area contributed by atoms with Gasteiger partial charge in [-0.3, -0.25) is 60.0 Å². The second-order valence-corrected chi connectivity index (χ2v) is 32.2. The summed E-state index contributed by atoms with van der Waals surface area (Å²) in [5.74, 6) is -17.3. The van der Waals surface area contributed by atoms with Gasteiger partial charge in [0.15, 0.2) is 0 Å². The lowest BCUT2D eigenvalue weighted by Crippen LogP contribution is -2.52. The van der Waals surface area contributed by atoms with E-state index in [1.807, 2.05) is 20.8 Å². The third-order valence-electron chi connectivity index (χ3n) is 19.7. The highest BCUT2D eigenvalue weighted by atomic mass is 19.3. The van der Waals surface area contributed by atoms with E-state index < -0.39 is 143 Å². The van der Waals surface area contributed by atoms with Gasteiger partial charge in [0.25, 0.3) is 17.8 Å². The zero-order valence-electron chi connectivity index (χ0n) is 67.4. The summed E-state index contributed by atoms with van der Waals surface area (Å²) in [7, 11) is 0. The minimum absolute atomic E-state index is 0.228. The van der Waals surface area contributed by atoms with Crippen LogP contribution in [0.5, 0.6) is 0 Å². The summed E-state index contributed by atoms with van der Waals surface area (Å²) < 4.78 is 104. The zero-order chi connectivity index (χ0) is 85.6. The van der Waals surface area contributed by atoms with Crippen LogP contribution in [0.2, 0.25) is 0 Å². The van der Waals surface area contributed by atoms with Crippen molar-refractivity contribution in [2.45, 2.75) is 195 Å². The molecule has 3 fully saturated rings. The summed E-state index contributed by atoms with van der Waals surface area (Å²) in [6, 6.07) is 16.9. The lowest BCUT2D eigenvalue weighted by Gasteiger charge is -2.42. The number of amides is 9. The van der Waals surface area contributed by atoms with E-state index in [2.05, 4.69) is 77.4 Å². The van der Waals surface area contributed by atoms with E-state index in [-0.39, 0.29) is 54.2 Å². The van der Waals surface area contributed by atoms with Gasteiger partial charge >= 0.3 is 53.7 Å². The van der Waals surface area contributed by atoms with Crippen LogP contribution < -0.4 is 31.9 Å². The molecule has 9 N–H and O–H groups in total. The largest absolute Gasteiger partial charge is 0.444 e. The Labute approximate surface area is 669 Å². The summed E-state index contributed by atoms with van der Waals surface area (Å²) in [5.41, 5.74) is 4.07. The number of H-pyrrole nitrogens is 3. The number of hydrogen-bond acceptors (Lipinski definition) is 18. The molecule has 3 aromatic carbocycles. The van der Waals surface area contributed by atoms with E-state index in [9.17, 15) is 69.5 Å². The molecule has 0 saturated carbocycles. The van der Waals surface area contributed by atoms with Gasteiger partial charge in [-0.1, -0.05) is 59.7 Å². The molecule has 0 radical (unpaired) electrons. The number of aromatic amines is 3. The van der Waals surface area contributed by atoms with Crippen molar-refractivity contribution in [1.29, 1.82) is 0 Å². The predicted octanol–water partition coefficient (Wildman–Crippen LogP) is 15.2. The molecule has 624 valence electrons. The maximum absolute atomic E-state index is 14.8. The van der Waals surface area contributed by atoms with Crippen molar-refractivity contribution in [1.82, 2.24) is 60.2 Å². The quantitative estimate of drug-likeness (QED) is 0.0312. The third kappa shape index (κ3) is 21.8. The molecule has 0 spiro atoms. The molecular formula is C81H96F6N18O12. The van der Waals surface area contributed by atoms with E-state index in [0.29, 0.717) is 68.8 Å². The molecule has 0 unspecified atom stereocenters. The highest BCUT2D eigenvalue weighted by Crippen LogP contribution is 2.47. The number of alkyl halides is 6. The maximum Gasteiger partial charge on any atom is 0.413 e. The number of fused-ring (bicyclic) bond motifs is 3. The number of likely N-dealkylation sites (tertiary alicyclic amines) is 3. The molecule has 12 rings (SSSR count). The lowest BCUT2D eigenvalue weighted by atomic mass is 9.86. The number of anilines is 6. The second-order valence-electron chi connectivity index (χ2n) is 32.2. The molecule has 9 heterocycles. The van der Waals surface area contributed by atoms with E-state index >= 15 is 0 Å². The van der Waals surface area contributed by atoms with Crippen LogP contribution in [0.15, 0.2) is 110 Å². The molecule has 30 nitrogen and oxygen atoms in total. The monoisotopic (exact) mass is 1630 g/mol. The minimum atomic E-state index is -3.01. The van der Waals surface area contributed by atoms with Crippen molar-refractivity contribution in [3.05, 3.63) is 143 Å². The van der Waals surface area contributed by atoms with Crippen LogP contribution in [0.3, 0.4) is 0 Å².